The molecule has 2 aromatic heterocycles. The van der Waals surface area contributed by atoms with E-state index in [4.69, 9.17) is 16.7 Å². The monoisotopic (exact) mass is 351 g/mol. The molecular weight excluding hydrogens is 340 g/mol. The second-order valence-corrected chi connectivity index (χ2v) is 5.19. The summed E-state index contributed by atoms with van der Waals surface area (Å²) in [6.45, 7) is 3.89. The van der Waals surface area contributed by atoms with Crippen LogP contribution in [0.15, 0.2) is 6.07 Å². The fourth-order valence-electron chi connectivity index (χ4n) is 1.43. The van der Waals surface area contributed by atoms with Gasteiger partial charge in [0.2, 0.25) is 0 Å². The SMILES string of the molecule is Cc1nn2c(Cl)cc(C(C)CO)nc2c1I. The van der Waals surface area contributed by atoms with Gasteiger partial charge in [-0.05, 0) is 35.6 Å². The molecule has 0 amide bonds. The van der Waals surface area contributed by atoms with Crippen LogP contribution in [0.2, 0.25) is 5.15 Å². The van der Waals surface area contributed by atoms with Crippen LogP contribution in [-0.4, -0.2) is 26.3 Å². The molecule has 4 nitrogen and oxygen atoms in total. The van der Waals surface area contributed by atoms with E-state index in [-0.39, 0.29) is 12.5 Å². The van der Waals surface area contributed by atoms with E-state index in [1.54, 1.807) is 10.6 Å². The molecule has 0 aliphatic heterocycles. The number of aromatic nitrogens is 3. The van der Waals surface area contributed by atoms with Gasteiger partial charge in [-0.2, -0.15) is 5.10 Å². The minimum Gasteiger partial charge on any atom is -0.396 e. The minimum absolute atomic E-state index is 0.0199. The molecule has 0 aromatic carbocycles. The maximum absolute atomic E-state index is 9.12. The van der Waals surface area contributed by atoms with Gasteiger partial charge in [-0.15, -0.1) is 0 Å². The van der Waals surface area contributed by atoms with Crippen LogP contribution in [0, 0.1) is 10.5 Å². The van der Waals surface area contributed by atoms with Crippen LogP contribution in [0.4, 0.5) is 0 Å². The lowest BCUT2D eigenvalue weighted by Gasteiger charge is -2.08. The van der Waals surface area contributed by atoms with Crippen molar-refractivity contribution >= 4 is 39.8 Å². The fraction of sp³-hybridized carbons (Fsp3) is 0.400. The first-order chi connectivity index (χ1) is 7.54. The molecule has 1 unspecified atom stereocenters. The Kier molecular flexibility index (Phi) is 3.37. The van der Waals surface area contributed by atoms with Gasteiger partial charge >= 0.3 is 0 Å². The molecule has 0 bridgehead atoms. The number of hydrogen-bond acceptors (Lipinski definition) is 3. The van der Waals surface area contributed by atoms with Crippen molar-refractivity contribution < 1.29 is 5.11 Å². The molecule has 86 valence electrons. The molecule has 2 aromatic rings. The van der Waals surface area contributed by atoms with Crippen LogP contribution in [0.5, 0.6) is 0 Å². The molecule has 0 spiro atoms. The predicted octanol–water partition coefficient (Wildman–Crippen LogP) is 2.39. The highest BCUT2D eigenvalue weighted by Crippen LogP contribution is 2.23. The quantitative estimate of drug-likeness (QED) is 0.668. The van der Waals surface area contributed by atoms with E-state index >= 15 is 0 Å². The summed E-state index contributed by atoms with van der Waals surface area (Å²) in [4.78, 5) is 4.48. The molecule has 0 aliphatic rings. The number of aliphatic hydroxyl groups excluding tert-OH is 1. The Morgan fingerprint density at radius 2 is 2.31 bits per heavy atom. The summed E-state index contributed by atoms with van der Waals surface area (Å²) in [6, 6.07) is 1.75. The Hall–Kier alpha value is -0.400. The van der Waals surface area contributed by atoms with Crippen LogP contribution in [-0.2, 0) is 0 Å². The van der Waals surface area contributed by atoms with Crippen molar-refractivity contribution in [1.82, 2.24) is 14.6 Å². The summed E-state index contributed by atoms with van der Waals surface area (Å²) in [5, 5.41) is 13.9. The molecule has 1 atom stereocenters. The summed E-state index contributed by atoms with van der Waals surface area (Å²) >= 11 is 8.32. The van der Waals surface area contributed by atoms with Gasteiger partial charge in [-0.3, -0.25) is 0 Å². The molecule has 0 saturated carbocycles. The number of rotatable bonds is 2. The van der Waals surface area contributed by atoms with Crippen LogP contribution in [0.1, 0.15) is 24.2 Å². The van der Waals surface area contributed by atoms with Crippen molar-refractivity contribution in [2.24, 2.45) is 0 Å². The van der Waals surface area contributed by atoms with Gasteiger partial charge in [0.15, 0.2) is 5.65 Å². The van der Waals surface area contributed by atoms with Crippen molar-refractivity contribution in [2.75, 3.05) is 6.61 Å². The second kappa shape index (κ2) is 4.46. The van der Waals surface area contributed by atoms with Gasteiger partial charge in [0, 0.05) is 5.92 Å². The molecule has 2 rings (SSSR count). The van der Waals surface area contributed by atoms with E-state index in [0.29, 0.717) is 5.15 Å². The molecule has 6 heteroatoms. The molecule has 16 heavy (non-hydrogen) atoms. The van der Waals surface area contributed by atoms with Gasteiger partial charge < -0.3 is 5.11 Å². The second-order valence-electron chi connectivity index (χ2n) is 3.72. The Morgan fingerprint density at radius 1 is 1.62 bits per heavy atom. The standard InChI is InChI=1S/C10H11ClIN3O/c1-5(4-16)7-3-8(11)15-10(13-7)9(12)6(2)14-15/h3,5,16H,4H2,1-2H3. The molecule has 2 heterocycles. The van der Waals surface area contributed by atoms with Gasteiger partial charge in [-0.1, -0.05) is 18.5 Å². The highest BCUT2D eigenvalue weighted by molar-refractivity contribution is 14.1. The predicted molar refractivity (Wildman–Crippen MR) is 71.0 cm³/mol. The van der Waals surface area contributed by atoms with Crippen LogP contribution < -0.4 is 0 Å². The molecule has 0 saturated heterocycles. The van der Waals surface area contributed by atoms with Crippen molar-refractivity contribution in [2.45, 2.75) is 19.8 Å². The smallest absolute Gasteiger partial charge is 0.170 e. The molecule has 0 fully saturated rings. The minimum atomic E-state index is -0.0199. The van der Waals surface area contributed by atoms with E-state index in [1.807, 2.05) is 13.8 Å². The third kappa shape index (κ3) is 1.91. The summed E-state index contributed by atoms with van der Waals surface area (Å²) < 4.78 is 2.61. The Labute approximate surface area is 112 Å². The Balaban J connectivity index is 2.70. The van der Waals surface area contributed by atoms with Gasteiger partial charge in [0.05, 0.1) is 21.6 Å². The fourth-order valence-corrected chi connectivity index (χ4v) is 2.11. The first kappa shape index (κ1) is 12.1. The molecule has 0 aliphatic carbocycles. The van der Waals surface area contributed by atoms with E-state index < -0.39 is 0 Å². The number of halogens is 2. The highest BCUT2D eigenvalue weighted by atomic mass is 127. The lowest BCUT2D eigenvalue weighted by atomic mass is 10.1. The Bertz CT molecular complexity index is 540. The van der Waals surface area contributed by atoms with Crippen molar-refractivity contribution in [3.05, 3.63) is 26.2 Å². The van der Waals surface area contributed by atoms with E-state index in [1.165, 1.54) is 0 Å². The topological polar surface area (TPSA) is 50.4 Å². The van der Waals surface area contributed by atoms with E-state index in [2.05, 4.69) is 32.7 Å². The first-order valence-corrected chi connectivity index (χ1v) is 6.32. The summed E-state index contributed by atoms with van der Waals surface area (Å²) in [6.07, 6.45) is 0. The average molecular weight is 352 g/mol. The van der Waals surface area contributed by atoms with Gasteiger partial charge in [0.25, 0.3) is 0 Å². The third-order valence-electron chi connectivity index (χ3n) is 2.45. The maximum Gasteiger partial charge on any atom is 0.170 e. The van der Waals surface area contributed by atoms with Crippen molar-refractivity contribution in [3.8, 4) is 0 Å². The lowest BCUT2D eigenvalue weighted by Crippen LogP contribution is -2.04. The first-order valence-electron chi connectivity index (χ1n) is 4.86. The highest BCUT2D eigenvalue weighted by Gasteiger charge is 2.14. The Morgan fingerprint density at radius 3 is 2.94 bits per heavy atom. The largest absolute Gasteiger partial charge is 0.396 e. The van der Waals surface area contributed by atoms with Crippen LogP contribution >= 0.6 is 34.2 Å². The number of aryl methyl sites for hydroxylation is 1. The summed E-state index contributed by atoms with van der Waals surface area (Å²) in [7, 11) is 0. The number of fused-ring (bicyclic) bond motifs is 1. The number of aliphatic hydroxyl groups is 1. The third-order valence-corrected chi connectivity index (χ3v) is 3.98. The molecule has 1 N–H and O–H groups in total. The zero-order valence-corrected chi connectivity index (χ0v) is 11.8. The lowest BCUT2D eigenvalue weighted by molar-refractivity contribution is 0.271. The molecular formula is C10H11ClIN3O. The van der Waals surface area contributed by atoms with Crippen LogP contribution in [0.25, 0.3) is 5.65 Å². The van der Waals surface area contributed by atoms with Gasteiger partial charge in [0.1, 0.15) is 5.15 Å². The molecule has 0 radical (unpaired) electrons. The van der Waals surface area contributed by atoms with Gasteiger partial charge in [-0.25, -0.2) is 9.50 Å². The van der Waals surface area contributed by atoms with Crippen molar-refractivity contribution in [1.29, 1.82) is 0 Å². The zero-order chi connectivity index (χ0) is 11.9. The van der Waals surface area contributed by atoms with E-state index in [9.17, 15) is 0 Å². The normalized spacial score (nSPS) is 13.3. The van der Waals surface area contributed by atoms with Crippen LogP contribution in [0.3, 0.4) is 0 Å². The van der Waals surface area contributed by atoms with Crippen molar-refractivity contribution in [3.63, 3.8) is 0 Å². The maximum atomic E-state index is 9.12. The summed E-state index contributed by atoms with van der Waals surface area (Å²) in [5.41, 5.74) is 2.45. The number of hydrogen-bond donors (Lipinski definition) is 1. The zero-order valence-electron chi connectivity index (χ0n) is 8.91. The number of nitrogens with zero attached hydrogens (tertiary/aromatic N) is 3. The average Bonchev–Trinajstić information content (AvgIpc) is 2.56. The van der Waals surface area contributed by atoms with E-state index in [0.717, 1.165) is 20.6 Å². The summed E-state index contributed by atoms with van der Waals surface area (Å²) in [5.74, 6) is -0.0199.